The summed E-state index contributed by atoms with van der Waals surface area (Å²) in [7, 11) is 1.83. The zero-order valence-corrected chi connectivity index (χ0v) is 17.7. The minimum atomic E-state index is -0.148. The lowest BCUT2D eigenvalue weighted by Gasteiger charge is -2.43. The van der Waals surface area contributed by atoms with Gasteiger partial charge in [-0.3, -0.25) is 14.3 Å². The van der Waals surface area contributed by atoms with E-state index in [4.69, 9.17) is 0 Å². The van der Waals surface area contributed by atoms with Crippen molar-refractivity contribution in [1.29, 1.82) is 0 Å². The standard InChI is InChI=1S/C24H26N4O2/c1-16-14-21(25-26(16)4)24(30)27-17(2)15-23(20-12-8-9-13-22(20)27)28(18(3)29)19-10-6-5-7-11-19/h5-14,17,23H,15H2,1-4H3/t17-,23+/m1/s1. The molecule has 4 rings (SSSR count). The first-order valence-corrected chi connectivity index (χ1v) is 10.2. The summed E-state index contributed by atoms with van der Waals surface area (Å²) in [5.41, 5.74) is 4.02. The van der Waals surface area contributed by atoms with Crippen molar-refractivity contribution < 1.29 is 9.59 Å². The molecule has 3 aromatic rings. The monoisotopic (exact) mass is 402 g/mol. The number of carbonyl (C=O) groups excluding carboxylic acids is 2. The molecule has 6 nitrogen and oxygen atoms in total. The van der Waals surface area contributed by atoms with E-state index in [2.05, 4.69) is 5.10 Å². The lowest BCUT2D eigenvalue weighted by molar-refractivity contribution is -0.117. The molecule has 0 bridgehead atoms. The summed E-state index contributed by atoms with van der Waals surface area (Å²) in [6.45, 7) is 5.55. The second-order valence-electron chi connectivity index (χ2n) is 7.85. The Labute approximate surface area is 176 Å². The van der Waals surface area contributed by atoms with Crippen LogP contribution in [0.5, 0.6) is 0 Å². The summed E-state index contributed by atoms with van der Waals surface area (Å²) >= 11 is 0. The van der Waals surface area contributed by atoms with Crippen molar-refractivity contribution in [2.24, 2.45) is 7.05 Å². The van der Waals surface area contributed by atoms with Crippen LogP contribution in [-0.4, -0.2) is 27.6 Å². The van der Waals surface area contributed by atoms with Crippen LogP contribution < -0.4 is 9.80 Å². The van der Waals surface area contributed by atoms with Crippen LogP contribution in [0.25, 0.3) is 0 Å². The number of carbonyl (C=O) groups is 2. The molecule has 154 valence electrons. The van der Waals surface area contributed by atoms with Crippen molar-refractivity contribution in [3.05, 3.63) is 77.6 Å². The summed E-state index contributed by atoms with van der Waals surface area (Å²) in [6, 6.07) is 19.1. The van der Waals surface area contributed by atoms with E-state index in [9.17, 15) is 9.59 Å². The van der Waals surface area contributed by atoms with Crippen molar-refractivity contribution in [3.8, 4) is 0 Å². The molecule has 0 saturated heterocycles. The molecule has 0 fully saturated rings. The highest BCUT2D eigenvalue weighted by Crippen LogP contribution is 2.42. The van der Waals surface area contributed by atoms with Gasteiger partial charge in [0, 0.05) is 37.1 Å². The van der Waals surface area contributed by atoms with Crippen molar-refractivity contribution in [3.63, 3.8) is 0 Å². The van der Waals surface area contributed by atoms with Gasteiger partial charge < -0.3 is 9.80 Å². The van der Waals surface area contributed by atoms with Crippen molar-refractivity contribution >= 4 is 23.2 Å². The van der Waals surface area contributed by atoms with Gasteiger partial charge in [-0.2, -0.15) is 5.10 Å². The summed E-state index contributed by atoms with van der Waals surface area (Å²) in [5.74, 6) is -0.139. The summed E-state index contributed by atoms with van der Waals surface area (Å²) in [5, 5.41) is 4.38. The Morgan fingerprint density at radius 2 is 1.73 bits per heavy atom. The molecule has 1 aromatic heterocycles. The molecule has 2 atom stereocenters. The molecule has 2 aromatic carbocycles. The molecular weight excluding hydrogens is 376 g/mol. The molecule has 2 amide bonds. The summed E-state index contributed by atoms with van der Waals surface area (Å²) < 4.78 is 1.71. The van der Waals surface area contributed by atoms with Gasteiger partial charge >= 0.3 is 0 Å². The highest BCUT2D eigenvalue weighted by atomic mass is 16.2. The molecule has 0 radical (unpaired) electrons. The van der Waals surface area contributed by atoms with E-state index in [-0.39, 0.29) is 23.9 Å². The second kappa shape index (κ2) is 7.78. The number of anilines is 2. The Hall–Kier alpha value is -3.41. The third-order valence-corrected chi connectivity index (χ3v) is 5.80. The third-order valence-electron chi connectivity index (χ3n) is 5.80. The number of aryl methyl sites for hydroxylation is 2. The van der Waals surface area contributed by atoms with Crippen LogP contribution >= 0.6 is 0 Å². The van der Waals surface area contributed by atoms with Crippen LogP contribution in [0, 0.1) is 6.92 Å². The molecule has 0 spiro atoms. The number of amides is 2. The number of nitrogens with zero attached hydrogens (tertiary/aromatic N) is 4. The molecule has 0 saturated carbocycles. The van der Waals surface area contributed by atoms with Crippen molar-refractivity contribution in [2.75, 3.05) is 9.80 Å². The van der Waals surface area contributed by atoms with Gasteiger partial charge in [-0.05, 0) is 50.1 Å². The average Bonchev–Trinajstić information content (AvgIpc) is 3.07. The van der Waals surface area contributed by atoms with Crippen molar-refractivity contribution in [1.82, 2.24) is 9.78 Å². The normalized spacial score (nSPS) is 18.1. The van der Waals surface area contributed by atoms with Gasteiger partial charge in [-0.1, -0.05) is 36.4 Å². The van der Waals surface area contributed by atoms with Gasteiger partial charge in [0.05, 0.1) is 6.04 Å². The molecule has 0 N–H and O–H groups in total. The Bertz CT molecular complexity index is 1070. The van der Waals surface area contributed by atoms with Crippen LogP contribution in [0.3, 0.4) is 0 Å². The number of hydrogen-bond donors (Lipinski definition) is 0. The lowest BCUT2D eigenvalue weighted by atomic mass is 9.89. The van der Waals surface area contributed by atoms with Crippen LogP contribution in [0.4, 0.5) is 11.4 Å². The van der Waals surface area contributed by atoms with Gasteiger partial charge in [0.25, 0.3) is 5.91 Å². The van der Waals surface area contributed by atoms with Crippen LogP contribution in [-0.2, 0) is 11.8 Å². The zero-order valence-electron chi connectivity index (χ0n) is 17.7. The zero-order chi connectivity index (χ0) is 21.4. The van der Waals surface area contributed by atoms with Crippen LogP contribution in [0.2, 0.25) is 0 Å². The van der Waals surface area contributed by atoms with Gasteiger partial charge in [0.2, 0.25) is 5.91 Å². The first kappa shape index (κ1) is 19.9. The maximum absolute atomic E-state index is 13.4. The topological polar surface area (TPSA) is 58.4 Å². The number of rotatable bonds is 3. The number of para-hydroxylation sites is 2. The fourth-order valence-electron chi connectivity index (χ4n) is 4.29. The fraction of sp³-hybridized carbons (Fsp3) is 0.292. The molecule has 0 aliphatic carbocycles. The summed E-state index contributed by atoms with van der Waals surface area (Å²) in [4.78, 5) is 29.7. The number of fused-ring (bicyclic) bond motifs is 1. The highest BCUT2D eigenvalue weighted by molar-refractivity contribution is 6.06. The SMILES string of the molecule is CC(=O)N(c1ccccc1)[C@H]1C[C@@H](C)N(C(=O)c2cc(C)n(C)n2)c2ccccc21. The van der Waals surface area contributed by atoms with E-state index in [0.29, 0.717) is 12.1 Å². The van der Waals surface area contributed by atoms with Gasteiger partial charge in [-0.25, -0.2) is 0 Å². The largest absolute Gasteiger partial charge is 0.305 e. The Kier molecular flexibility index (Phi) is 5.16. The molecule has 1 aliphatic rings. The van der Waals surface area contributed by atoms with E-state index >= 15 is 0 Å². The molecule has 6 heteroatoms. The predicted molar refractivity (Wildman–Crippen MR) is 118 cm³/mol. The first-order chi connectivity index (χ1) is 14.4. The van der Waals surface area contributed by atoms with E-state index in [1.54, 1.807) is 11.6 Å². The smallest absolute Gasteiger partial charge is 0.279 e. The minimum absolute atomic E-state index is 0.0201. The average molecular weight is 402 g/mol. The second-order valence-corrected chi connectivity index (χ2v) is 7.85. The van der Waals surface area contributed by atoms with E-state index in [1.165, 1.54) is 0 Å². The molecule has 0 unspecified atom stereocenters. The fourth-order valence-corrected chi connectivity index (χ4v) is 4.29. The maximum Gasteiger partial charge on any atom is 0.279 e. The number of aromatic nitrogens is 2. The van der Waals surface area contributed by atoms with Crippen molar-refractivity contribution in [2.45, 2.75) is 39.3 Å². The maximum atomic E-state index is 13.4. The van der Waals surface area contributed by atoms with Gasteiger partial charge in [-0.15, -0.1) is 0 Å². The quantitative estimate of drug-likeness (QED) is 0.658. The molecule has 30 heavy (non-hydrogen) atoms. The van der Waals surface area contributed by atoms with Gasteiger partial charge in [0.15, 0.2) is 5.69 Å². The third kappa shape index (κ3) is 3.38. The number of hydrogen-bond acceptors (Lipinski definition) is 3. The van der Waals surface area contributed by atoms with E-state index < -0.39 is 0 Å². The Balaban J connectivity index is 1.78. The minimum Gasteiger partial charge on any atom is -0.305 e. The Morgan fingerprint density at radius 1 is 1.07 bits per heavy atom. The number of benzene rings is 2. The summed E-state index contributed by atoms with van der Waals surface area (Å²) in [6.07, 6.45) is 0.642. The molecular formula is C24H26N4O2. The lowest BCUT2D eigenvalue weighted by Crippen LogP contribution is -2.47. The van der Waals surface area contributed by atoms with E-state index in [0.717, 1.165) is 22.6 Å². The highest BCUT2D eigenvalue weighted by Gasteiger charge is 2.38. The first-order valence-electron chi connectivity index (χ1n) is 10.2. The molecule has 2 heterocycles. The predicted octanol–water partition coefficient (Wildman–Crippen LogP) is 4.26. The van der Waals surface area contributed by atoms with Crippen LogP contribution in [0.15, 0.2) is 60.7 Å². The van der Waals surface area contributed by atoms with Crippen LogP contribution in [0.1, 0.15) is 48.1 Å². The Morgan fingerprint density at radius 3 is 2.37 bits per heavy atom. The molecule has 1 aliphatic heterocycles. The van der Waals surface area contributed by atoms with Gasteiger partial charge in [0.1, 0.15) is 0 Å². The van der Waals surface area contributed by atoms with E-state index in [1.807, 2.05) is 91.4 Å².